The maximum absolute atomic E-state index is 12.5. The number of para-hydroxylation sites is 1. The van der Waals surface area contributed by atoms with Crippen molar-refractivity contribution in [3.8, 4) is 5.69 Å². The fourth-order valence-electron chi connectivity index (χ4n) is 2.84. The molecular formula is C22H18N4O3. The van der Waals surface area contributed by atoms with E-state index < -0.39 is 0 Å². The van der Waals surface area contributed by atoms with Gasteiger partial charge in [-0.05, 0) is 55.0 Å². The average molecular weight is 386 g/mol. The van der Waals surface area contributed by atoms with E-state index in [9.17, 15) is 9.59 Å². The van der Waals surface area contributed by atoms with Crippen molar-refractivity contribution in [1.29, 1.82) is 0 Å². The monoisotopic (exact) mass is 386 g/mol. The number of hydrogen-bond donors (Lipinski definition) is 2. The molecule has 0 unspecified atom stereocenters. The molecule has 0 saturated carbocycles. The molecule has 4 aromatic rings. The largest absolute Gasteiger partial charge is 0.459 e. The number of nitrogens with zero attached hydrogens (tertiary/aromatic N) is 2. The predicted molar refractivity (Wildman–Crippen MR) is 109 cm³/mol. The Bertz CT molecular complexity index is 1150. The summed E-state index contributed by atoms with van der Waals surface area (Å²) in [6.45, 7) is 1.85. The van der Waals surface area contributed by atoms with E-state index in [1.165, 1.54) is 12.5 Å². The quantitative estimate of drug-likeness (QED) is 0.536. The molecule has 0 radical (unpaired) electrons. The third-order valence-electron chi connectivity index (χ3n) is 4.34. The van der Waals surface area contributed by atoms with Crippen molar-refractivity contribution < 1.29 is 14.0 Å². The summed E-state index contributed by atoms with van der Waals surface area (Å²) in [4.78, 5) is 24.7. The number of amides is 2. The molecule has 4 rings (SSSR count). The Labute approximate surface area is 167 Å². The van der Waals surface area contributed by atoms with Gasteiger partial charge in [-0.25, -0.2) is 4.68 Å². The zero-order valence-corrected chi connectivity index (χ0v) is 15.6. The van der Waals surface area contributed by atoms with Crippen molar-refractivity contribution in [2.24, 2.45) is 0 Å². The number of aromatic nitrogens is 2. The highest BCUT2D eigenvalue weighted by atomic mass is 16.3. The Balaban J connectivity index is 1.44. The smallest absolute Gasteiger partial charge is 0.291 e. The molecule has 0 fully saturated rings. The molecule has 29 heavy (non-hydrogen) atoms. The van der Waals surface area contributed by atoms with E-state index in [4.69, 9.17) is 4.42 Å². The highest BCUT2D eigenvalue weighted by Gasteiger charge is 2.13. The molecule has 0 spiro atoms. The minimum Gasteiger partial charge on any atom is -0.459 e. The first kappa shape index (κ1) is 18.2. The normalized spacial score (nSPS) is 10.5. The fraction of sp³-hybridized carbons (Fsp3) is 0.0455. The fourth-order valence-corrected chi connectivity index (χ4v) is 2.84. The van der Waals surface area contributed by atoms with Crippen LogP contribution in [0.5, 0.6) is 0 Å². The summed E-state index contributed by atoms with van der Waals surface area (Å²) < 4.78 is 6.74. The lowest BCUT2D eigenvalue weighted by Gasteiger charge is -2.10. The van der Waals surface area contributed by atoms with Crippen LogP contribution in [0.3, 0.4) is 0 Å². The van der Waals surface area contributed by atoms with Crippen LogP contribution >= 0.6 is 0 Å². The van der Waals surface area contributed by atoms with Crippen molar-refractivity contribution in [2.45, 2.75) is 6.92 Å². The maximum Gasteiger partial charge on any atom is 0.291 e. The number of carbonyl (C=O) groups is 2. The predicted octanol–water partition coefficient (Wildman–Crippen LogP) is 4.28. The Morgan fingerprint density at radius 2 is 1.79 bits per heavy atom. The molecule has 7 nitrogen and oxygen atoms in total. The second-order valence-corrected chi connectivity index (χ2v) is 6.42. The lowest BCUT2D eigenvalue weighted by Crippen LogP contribution is -2.13. The second kappa shape index (κ2) is 7.85. The minimum absolute atomic E-state index is 0.234. The van der Waals surface area contributed by atoms with Gasteiger partial charge in [-0.15, -0.1) is 0 Å². The number of furan rings is 1. The van der Waals surface area contributed by atoms with E-state index in [0.29, 0.717) is 16.9 Å². The van der Waals surface area contributed by atoms with Crippen molar-refractivity contribution in [1.82, 2.24) is 9.78 Å². The molecule has 7 heteroatoms. The van der Waals surface area contributed by atoms with Crippen LogP contribution in [0.1, 0.15) is 26.5 Å². The first-order chi connectivity index (χ1) is 14.1. The number of aryl methyl sites for hydroxylation is 1. The lowest BCUT2D eigenvalue weighted by molar-refractivity contribution is 0.0994. The first-order valence-electron chi connectivity index (χ1n) is 8.97. The van der Waals surface area contributed by atoms with E-state index in [1.54, 1.807) is 41.2 Å². The van der Waals surface area contributed by atoms with Crippen molar-refractivity contribution in [3.63, 3.8) is 0 Å². The number of benzene rings is 2. The summed E-state index contributed by atoms with van der Waals surface area (Å²) in [5, 5.41) is 9.87. The van der Waals surface area contributed by atoms with Gasteiger partial charge in [-0.2, -0.15) is 5.10 Å². The van der Waals surface area contributed by atoms with Crippen molar-refractivity contribution >= 4 is 23.2 Å². The number of anilines is 2. The summed E-state index contributed by atoms with van der Waals surface area (Å²) in [7, 11) is 0. The first-order valence-corrected chi connectivity index (χ1v) is 8.97. The Kier molecular flexibility index (Phi) is 4.94. The molecule has 2 aromatic heterocycles. The Morgan fingerprint density at radius 1 is 0.966 bits per heavy atom. The molecule has 2 aromatic carbocycles. The number of rotatable bonds is 5. The van der Waals surface area contributed by atoms with Crippen LogP contribution < -0.4 is 10.6 Å². The van der Waals surface area contributed by atoms with Gasteiger partial charge >= 0.3 is 0 Å². The molecule has 2 amide bonds. The summed E-state index contributed by atoms with van der Waals surface area (Å²) in [5.74, 6) is -0.362. The van der Waals surface area contributed by atoms with Crippen LogP contribution in [-0.2, 0) is 0 Å². The lowest BCUT2D eigenvalue weighted by atomic mass is 10.1. The highest BCUT2D eigenvalue weighted by Crippen LogP contribution is 2.21. The molecule has 0 aliphatic heterocycles. The van der Waals surface area contributed by atoms with Gasteiger partial charge in [0.2, 0.25) is 0 Å². The Morgan fingerprint density at radius 3 is 2.52 bits per heavy atom. The van der Waals surface area contributed by atoms with Crippen LogP contribution in [0.4, 0.5) is 11.4 Å². The van der Waals surface area contributed by atoms with Gasteiger partial charge in [0.15, 0.2) is 5.76 Å². The molecule has 0 saturated heterocycles. The molecular weight excluding hydrogens is 368 g/mol. The summed E-state index contributed by atoms with van der Waals surface area (Å²) in [6.07, 6.45) is 4.64. The minimum atomic E-state index is -0.330. The van der Waals surface area contributed by atoms with Gasteiger partial charge in [-0.1, -0.05) is 18.2 Å². The van der Waals surface area contributed by atoms with Crippen LogP contribution in [0.15, 0.2) is 83.7 Å². The molecule has 144 valence electrons. The average Bonchev–Trinajstić information content (AvgIpc) is 3.43. The number of hydrogen-bond acceptors (Lipinski definition) is 4. The van der Waals surface area contributed by atoms with E-state index in [1.807, 2.05) is 37.3 Å². The van der Waals surface area contributed by atoms with E-state index in [-0.39, 0.29) is 17.6 Å². The molecule has 2 N–H and O–H groups in total. The molecule has 0 aliphatic carbocycles. The Hall–Kier alpha value is -4.13. The van der Waals surface area contributed by atoms with Gasteiger partial charge in [0, 0.05) is 17.6 Å². The third-order valence-corrected chi connectivity index (χ3v) is 4.34. The van der Waals surface area contributed by atoms with Crippen LogP contribution in [-0.4, -0.2) is 21.6 Å². The summed E-state index contributed by atoms with van der Waals surface area (Å²) in [5.41, 5.74) is 3.39. The number of carbonyl (C=O) groups excluding carboxylic acids is 2. The SMILES string of the molecule is Cc1cc(NC(=O)c2cnn(-c3ccccc3)c2)ccc1NC(=O)c1ccco1. The van der Waals surface area contributed by atoms with Gasteiger partial charge in [0.05, 0.1) is 23.7 Å². The van der Waals surface area contributed by atoms with Gasteiger partial charge < -0.3 is 15.1 Å². The van der Waals surface area contributed by atoms with Gasteiger partial charge in [-0.3, -0.25) is 9.59 Å². The summed E-state index contributed by atoms with van der Waals surface area (Å²) in [6, 6.07) is 18.1. The van der Waals surface area contributed by atoms with Crippen LogP contribution in [0.2, 0.25) is 0 Å². The standard InChI is InChI=1S/C22H18N4O3/c1-15-12-17(9-10-19(15)25-22(28)20-8-5-11-29-20)24-21(27)16-13-23-26(14-16)18-6-3-2-4-7-18/h2-14H,1H3,(H,24,27)(H,25,28). The summed E-state index contributed by atoms with van der Waals surface area (Å²) >= 11 is 0. The van der Waals surface area contributed by atoms with Gasteiger partial charge in [0.1, 0.15) is 0 Å². The van der Waals surface area contributed by atoms with Crippen molar-refractivity contribution in [3.05, 3.63) is 96.2 Å². The molecule has 0 atom stereocenters. The zero-order valence-electron chi connectivity index (χ0n) is 15.6. The second-order valence-electron chi connectivity index (χ2n) is 6.42. The van der Waals surface area contributed by atoms with Crippen LogP contribution in [0, 0.1) is 6.92 Å². The highest BCUT2D eigenvalue weighted by molar-refractivity contribution is 6.05. The van der Waals surface area contributed by atoms with E-state index in [2.05, 4.69) is 15.7 Å². The number of nitrogens with one attached hydrogen (secondary N) is 2. The third kappa shape index (κ3) is 4.08. The molecule has 0 aliphatic rings. The van der Waals surface area contributed by atoms with E-state index in [0.717, 1.165) is 11.3 Å². The van der Waals surface area contributed by atoms with E-state index >= 15 is 0 Å². The zero-order chi connectivity index (χ0) is 20.2. The maximum atomic E-state index is 12.5. The van der Waals surface area contributed by atoms with Crippen molar-refractivity contribution in [2.75, 3.05) is 10.6 Å². The van der Waals surface area contributed by atoms with Gasteiger partial charge in [0.25, 0.3) is 11.8 Å². The topological polar surface area (TPSA) is 89.2 Å². The molecule has 0 bridgehead atoms. The molecule has 2 heterocycles. The van der Waals surface area contributed by atoms with Crippen LogP contribution in [0.25, 0.3) is 5.69 Å².